The van der Waals surface area contributed by atoms with Crippen molar-refractivity contribution in [1.29, 1.82) is 0 Å². The first-order valence-electron chi connectivity index (χ1n) is 8.47. The molecule has 3 aromatic rings. The fraction of sp³-hybridized carbons (Fsp3) is 0. The lowest BCUT2D eigenvalue weighted by Crippen LogP contribution is -1.97. The molecule has 0 aromatic heterocycles. The third-order valence-corrected chi connectivity index (χ3v) is 3.98. The first-order valence-corrected chi connectivity index (χ1v) is 8.47. The van der Waals surface area contributed by atoms with Gasteiger partial charge in [-0.15, -0.1) is 0 Å². The first kappa shape index (κ1) is 21.6. The Labute approximate surface area is 176 Å². The van der Waals surface area contributed by atoms with E-state index in [1.165, 1.54) is 24.3 Å². The lowest BCUT2D eigenvalue weighted by molar-refractivity contribution is -0.394. The van der Waals surface area contributed by atoms with E-state index in [0.717, 1.165) is 36.4 Å². The predicted octanol–water partition coefficient (Wildman–Crippen LogP) is 4.90. The third-order valence-electron chi connectivity index (χ3n) is 3.98. The van der Waals surface area contributed by atoms with E-state index in [-0.39, 0.29) is 23.0 Å². The number of nitrogens with zero attached hydrogens (tertiary/aromatic N) is 4. The molecule has 162 valence electrons. The minimum absolute atomic E-state index is 0.118. The van der Waals surface area contributed by atoms with Gasteiger partial charge in [-0.3, -0.25) is 40.5 Å². The molecule has 0 unspecified atom stereocenters. The number of nitro groups is 4. The molecule has 0 bridgehead atoms. The molecule has 0 atom stereocenters. The normalized spacial score (nSPS) is 10.2. The summed E-state index contributed by atoms with van der Waals surface area (Å²) in [6, 6.07) is 11.2. The molecule has 32 heavy (non-hydrogen) atoms. The number of ether oxygens (including phenoxy) is 2. The second-order valence-corrected chi connectivity index (χ2v) is 6.01. The fourth-order valence-electron chi connectivity index (χ4n) is 2.53. The second kappa shape index (κ2) is 8.70. The topological polar surface area (TPSA) is 191 Å². The maximum absolute atomic E-state index is 11.2. The largest absolute Gasteiger partial charge is 0.450 e. The molecule has 14 heteroatoms. The summed E-state index contributed by atoms with van der Waals surface area (Å²) in [5, 5.41) is 44.0. The standard InChI is InChI=1S/C18H10N4O10/c23-19(24)11-1-7-17(15(9-11)21(27)28)31-13-3-5-14(6-4-13)32-18-8-2-12(20(25)26)10-16(18)22(29)30/h1-10H. The molecule has 0 saturated heterocycles. The van der Waals surface area contributed by atoms with Crippen molar-refractivity contribution in [2.75, 3.05) is 0 Å². The molecule has 0 radical (unpaired) electrons. The van der Waals surface area contributed by atoms with Crippen molar-refractivity contribution < 1.29 is 29.2 Å². The van der Waals surface area contributed by atoms with E-state index in [0.29, 0.717) is 0 Å². The van der Waals surface area contributed by atoms with Gasteiger partial charge in [0.1, 0.15) is 11.5 Å². The summed E-state index contributed by atoms with van der Waals surface area (Å²) in [4.78, 5) is 40.8. The Bertz CT molecular complexity index is 1150. The third kappa shape index (κ3) is 4.70. The van der Waals surface area contributed by atoms with Crippen LogP contribution in [-0.2, 0) is 0 Å². The van der Waals surface area contributed by atoms with Crippen LogP contribution in [0, 0.1) is 40.5 Å². The van der Waals surface area contributed by atoms with Crippen molar-refractivity contribution in [1.82, 2.24) is 0 Å². The van der Waals surface area contributed by atoms with E-state index in [4.69, 9.17) is 9.47 Å². The van der Waals surface area contributed by atoms with Gasteiger partial charge in [-0.2, -0.15) is 0 Å². The molecule has 3 aromatic carbocycles. The maximum Gasteiger partial charge on any atom is 0.318 e. The molecular formula is C18H10N4O10. The zero-order valence-corrected chi connectivity index (χ0v) is 15.6. The quantitative estimate of drug-likeness (QED) is 0.342. The molecule has 0 N–H and O–H groups in total. The number of benzene rings is 3. The second-order valence-electron chi connectivity index (χ2n) is 6.01. The minimum atomic E-state index is -0.826. The van der Waals surface area contributed by atoms with Gasteiger partial charge in [-0.1, -0.05) is 0 Å². The van der Waals surface area contributed by atoms with Crippen molar-refractivity contribution in [3.05, 3.63) is 101 Å². The molecule has 14 nitrogen and oxygen atoms in total. The fourth-order valence-corrected chi connectivity index (χ4v) is 2.53. The Hall–Kier alpha value is -5.14. The summed E-state index contributed by atoms with van der Waals surface area (Å²) in [7, 11) is 0. The highest BCUT2D eigenvalue weighted by molar-refractivity contribution is 5.56. The van der Waals surface area contributed by atoms with Gasteiger partial charge in [-0.25, -0.2) is 0 Å². The van der Waals surface area contributed by atoms with Crippen LogP contribution < -0.4 is 9.47 Å². The Morgan fingerprint density at radius 1 is 0.500 bits per heavy atom. The number of hydrogen-bond acceptors (Lipinski definition) is 10. The smallest absolute Gasteiger partial charge is 0.318 e. The molecule has 0 spiro atoms. The van der Waals surface area contributed by atoms with Crippen LogP contribution in [0.2, 0.25) is 0 Å². The van der Waals surface area contributed by atoms with Crippen LogP contribution in [0.5, 0.6) is 23.0 Å². The average Bonchev–Trinajstić information content (AvgIpc) is 2.75. The van der Waals surface area contributed by atoms with Gasteiger partial charge in [0.25, 0.3) is 11.4 Å². The lowest BCUT2D eigenvalue weighted by Gasteiger charge is -2.09. The van der Waals surface area contributed by atoms with Crippen molar-refractivity contribution in [3.8, 4) is 23.0 Å². The Morgan fingerprint density at radius 2 is 0.844 bits per heavy atom. The number of rotatable bonds is 8. The summed E-state index contributed by atoms with van der Waals surface area (Å²) in [6.45, 7) is 0. The molecule has 0 heterocycles. The van der Waals surface area contributed by atoms with Crippen molar-refractivity contribution >= 4 is 22.7 Å². The van der Waals surface area contributed by atoms with Crippen molar-refractivity contribution in [2.45, 2.75) is 0 Å². The van der Waals surface area contributed by atoms with Gasteiger partial charge in [0.15, 0.2) is 0 Å². The molecule has 3 rings (SSSR count). The monoisotopic (exact) mass is 442 g/mol. The van der Waals surface area contributed by atoms with Crippen LogP contribution in [0.3, 0.4) is 0 Å². The zero-order valence-electron chi connectivity index (χ0n) is 15.6. The highest BCUT2D eigenvalue weighted by Gasteiger charge is 2.22. The van der Waals surface area contributed by atoms with Crippen LogP contribution in [0.25, 0.3) is 0 Å². The van der Waals surface area contributed by atoms with Gasteiger partial charge >= 0.3 is 11.4 Å². The van der Waals surface area contributed by atoms with Gasteiger partial charge in [0, 0.05) is 12.1 Å². The summed E-state index contributed by atoms with van der Waals surface area (Å²) in [5.74, 6) is -0.236. The summed E-state index contributed by atoms with van der Waals surface area (Å²) < 4.78 is 10.8. The van der Waals surface area contributed by atoms with E-state index in [9.17, 15) is 40.5 Å². The SMILES string of the molecule is O=[N+]([O-])c1ccc(Oc2ccc(Oc3ccc([N+](=O)[O-])cc3[N+](=O)[O-])cc2)c([N+](=O)[O-])c1. The molecule has 0 saturated carbocycles. The first-order chi connectivity index (χ1) is 15.2. The predicted molar refractivity (Wildman–Crippen MR) is 106 cm³/mol. The summed E-state index contributed by atoms with van der Waals surface area (Å²) >= 11 is 0. The van der Waals surface area contributed by atoms with E-state index < -0.39 is 42.4 Å². The van der Waals surface area contributed by atoms with Crippen molar-refractivity contribution in [3.63, 3.8) is 0 Å². The molecule has 0 amide bonds. The van der Waals surface area contributed by atoms with Crippen molar-refractivity contribution in [2.24, 2.45) is 0 Å². The van der Waals surface area contributed by atoms with Crippen LogP contribution >= 0.6 is 0 Å². The number of non-ortho nitro benzene ring substituents is 2. The zero-order chi connectivity index (χ0) is 23.4. The highest BCUT2D eigenvalue weighted by atomic mass is 16.6. The molecule has 0 fully saturated rings. The van der Waals surface area contributed by atoms with Crippen LogP contribution in [-0.4, -0.2) is 19.7 Å². The van der Waals surface area contributed by atoms with Gasteiger partial charge < -0.3 is 9.47 Å². The van der Waals surface area contributed by atoms with E-state index >= 15 is 0 Å². The van der Waals surface area contributed by atoms with Gasteiger partial charge in [0.05, 0.1) is 31.8 Å². The molecule has 0 aliphatic heterocycles. The Morgan fingerprint density at radius 3 is 1.12 bits per heavy atom. The van der Waals surface area contributed by atoms with Crippen LogP contribution in [0.4, 0.5) is 22.7 Å². The van der Waals surface area contributed by atoms with Crippen LogP contribution in [0.1, 0.15) is 0 Å². The Kier molecular flexibility index (Phi) is 5.86. The van der Waals surface area contributed by atoms with E-state index in [1.54, 1.807) is 0 Å². The van der Waals surface area contributed by atoms with Gasteiger partial charge in [-0.05, 0) is 36.4 Å². The lowest BCUT2D eigenvalue weighted by atomic mass is 10.2. The minimum Gasteiger partial charge on any atom is -0.450 e. The average molecular weight is 442 g/mol. The highest BCUT2D eigenvalue weighted by Crippen LogP contribution is 2.37. The Balaban J connectivity index is 1.82. The van der Waals surface area contributed by atoms with Gasteiger partial charge in [0.2, 0.25) is 11.5 Å². The van der Waals surface area contributed by atoms with E-state index in [2.05, 4.69) is 0 Å². The number of hydrogen-bond donors (Lipinski definition) is 0. The molecular weight excluding hydrogens is 432 g/mol. The van der Waals surface area contributed by atoms with Crippen LogP contribution in [0.15, 0.2) is 60.7 Å². The number of nitro benzene ring substituents is 4. The molecule has 0 aliphatic carbocycles. The maximum atomic E-state index is 11.2. The summed E-state index contributed by atoms with van der Waals surface area (Å²) in [5.41, 5.74) is -2.17. The van der Waals surface area contributed by atoms with E-state index in [1.807, 2.05) is 0 Å². The molecule has 0 aliphatic rings. The summed E-state index contributed by atoms with van der Waals surface area (Å²) in [6.07, 6.45) is 0.